The number of unbranched alkanes of at least 4 members (excludes halogenated alkanes) is 5. The highest BCUT2D eigenvalue weighted by Crippen LogP contribution is 2.26. The summed E-state index contributed by atoms with van der Waals surface area (Å²) < 4.78 is 84.7. The number of rotatable bonds is 44. The molecule has 2 atom stereocenters. The van der Waals surface area contributed by atoms with Gasteiger partial charge in [0.2, 0.25) is 5.91 Å². The molecule has 0 heterocycles. The van der Waals surface area contributed by atoms with Gasteiger partial charge in [-0.05, 0) is 32.1 Å². The van der Waals surface area contributed by atoms with E-state index >= 15 is 0 Å². The number of amides is 4. The average molecular weight is 1010 g/mol. The quantitative estimate of drug-likeness (QED) is 0.00886. The zero-order valence-electron chi connectivity index (χ0n) is 38.9. The summed E-state index contributed by atoms with van der Waals surface area (Å²) in [5.74, 6) is -13.9. The zero-order valence-corrected chi connectivity index (χ0v) is 38.9. The van der Waals surface area contributed by atoms with Crippen molar-refractivity contribution in [2.75, 3.05) is 72.5 Å². The Balaban J connectivity index is 2.16. The molecule has 26 heteroatoms. The first kappa shape index (κ1) is 62.3. The number of urea groups is 1. The minimum absolute atomic E-state index is 0.0155. The lowest BCUT2D eigenvalue weighted by Crippen LogP contribution is -2.49. The van der Waals surface area contributed by atoms with Gasteiger partial charge in [0.15, 0.2) is 35.3 Å². The summed E-state index contributed by atoms with van der Waals surface area (Å²) in [5.41, 5.74) is -1.24. The topological polar surface area (TPSA) is 321 Å². The molecule has 0 saturated heterocycles. The van der Waals surface area contributed by atoms with Gasteiger partial charge in [0, 0.05) is 64.8 Å². The van der Waals surface area contributed by atoms with Crippen molar-refractivity contribution in [2.24, 2.45) is 0 Å². The third kappa shape index (κ3) is 28.1. The largest absolute Gasteiger partial charge is 0.481 e. The lowest BCUT2D eigenvalue weighted by molar-refractivity contribution is -0.141. The molecule has 0 spiro atoms. The number of carbonyl (C=O) groups excluding carboxylic acids is 7. The Morgan fingerprint density at radius 3 is 1.61 bits per heavy atom. The monoisotopic (exact) mass is 1010 g/mol. The molecule has 0 fully saturated rings. The summed E-state index contributed by atoms with van der Waals surface area (Å²) in [7, 11) is 0. The molecule has 0 radical (unpaired) electrons. The van der Waals surface area contributed by atoms with Crippen molar-refractivity contribution < 1.29 is 99.8 Å². The second kappa shape index (κ2) is 38.1. The summed E-state index contributed by atoms with van der Waals surface area (Å²) in [5, 5.41) is 35.7. The number of hydroxylamine groups is 1. The highest BCUT2D eigenvalue weighted by molar-refractivity contribution is 5.99. The van der Waals surface area contributed by atoms with Crippen LogP contribution >= 0.6 is 0 Å². The standard InChI is InChI=1S/C44H65F4N5O17/c45-38-36(39(46)41(48)37(40(38)47)42(61)50-18-22-69-26-23-66-19-7-10-30(56)27-51-65)32(57)11-8-20-67-24-25-68-21-17-49-33(58)12-6-4-2-1-3-5-9-29(55)13-14-31(43(62)63)52-44(64)53-34(70-28-54)15-16-35(59)60/h28,31,34,51,65H,1-27H2,(H,49,58)(H,50,61)(H,59,60)(H,62,63)(H2,52,53,64)/t31-,34+/m0/s1. The van der Waals surface area contributed by atoms with Gasteiger partial charge in [0.05, 0.1) is 58.2 Å². The van der Waals surface area contributed by atoms with Crippen LogP contribution in [0.4, 0.5) is 22.4 Å². The molecular formula is C44H65F4N5O17. The molecule has 1 aromatic carbocycles. The molecule has 70 heavy (non-hydrogen) atoms. The highest BCUT2D eigenvalue weighted by Gasteiger charge is 2.32. The predicted molar refractivity (Wildman–Crippen MR) is 235 cm³/mol. The Labute approximate surface area is 401 Å². The smallest absolute Gasteiger partial charge is 0.326 e. The fourth-order valence-electron chi connectivity index (χ4n) is 6.25. The van der Waals surface area contributed by atoms with Crippen LogP contribution in [0.5, 0.6) is 0 Å². The minimum Gasteiger partial charge on any atom is -0.481 e. The van der Waals surface area contributed by atoms with Crippen LogP contribution in [0.1, 0.15) is 123 Å². The van der Waals surface area contributed by atoms with Crippen molar-refractivity contribution in [3.8, 4) is 0 Å². The van der Waals surface area contributed by atoms with Gasteiger partial charge in [-0.25, -0.2) is 27.2 Å². The first-order valence-electron chi connectivity index (χ1n) is 22.8. The number of carboxylic acids is 2. The van der Waals surface area contributed by atoms with Crippen LogP contribution in [0.25, 0.3) is 0 Å². The number of benzene rings is 1. The fourth-order valence-corrected chi connectivity index (χ4v) is 6.25. The van der Waals surface area contributed by atoms with E-state index in [1.54, 1.807) is 5.48 Å². The van der Waals surface area contributed by atoms with Crippen LogP contribution in [0.15, 0.2) is 0 Å². The lowest BCUT2D eigenvalue weighted by Gasteiger charge is -2.19. The second-order valence-corrected chi connectivity index (χ2v) is 15.4. The molecule has 0 unspecified atom stereocenters. The number of ether oxygens (including phenoxy) is 5. The fraction of sp³-hybridized carbons (Fsp3) is 0.659. The number of carboxylic acid groups (broad SMARTS) is 2. The molecule has 4 amide bonds. The van der Waals surface area contributed by atoms with E-state index in [0.29, 0.717) is 25.7 Å². The summed E-state index contributed by atoms with van der Waals surface area (Å²) >= 11 is 0. The van der Waals surface area contributed by atoms with Gasteiger partial charge in [0.25, 0.3) is 12.4 Å². The van der Waals surface area contributed by atoms with Crippen molar-refractivity contribution in [2.45, 2.75) is 115 Å². The Hall–Kier alpha value is -5.67. The van der Waals surface area contributed by atoms with E-state index in [0.717, 1.165) is 25.7 Å². The van der Waals surface area contributed by atoms with Gasteiger partial charge < -0.3 is 60.4 Å². The third-order valence-electron chi connectivity index (χ3n) is 9.88. The number of aliphatic carboxylic acids is 2. The van der Waals surface area contributed by atoms with Crippen molar-refractivity contribution in [1.29, 1.82) is 0 Å². The Morgan fingerprint density at radius 2 is 1.06 bits per heavy atom. The number of halogens is 4. The van der Waals surface area contributed by atoms with Gasteiger partial charge >= 0.3 is 18.0 Å². The van der Waals surface area contributed by atoms with Gasteiger partial charge in [-0.1, -0.05) is 25.7 Å². The van der Waals surface area contributed by atoms with Crippen LogP contribution in [-0.4, -0.2) is 154 Å². The maximum absolute atomic E-state index is 14.7. The van der Waals surface area contributed by atoms with Crippen molar-refractivity contribution in [1.82, 2.24) is 26.7 Å². The second-order valence-electron chi connectivity index (χ2n) is 15.4. The van der Waals surface area contributed by atoms with Crippen LogP contribution in [-0.2, 0) is 52.5 Å². The molecule has 396 valence electrons. The van der Waals surface area contributed by atoms with Gasteiger partial charge in [-0.2, -0.15) is 5.48 Å². The molecule has 1 aromatic rings. The highest BCUT2D eigenvalue weighted by atomic mass is 19.2. The maximum atomic E-state index is 14.7. The number of nitrogens with one attached hydrogen (secondary N) is 5. The zero-order chi connectivity index (χ0) is 52.1. The number of carbonyl (C=O) groups is 9. The van der Waals surface area contributed by atoms with E-state index < -0.39 is 89.2 Å². The minimum atomic E-state index is -2.03. The molecule has 22 nitrogen and oxygen atoms in total. The third-order valence-corrected chi connectivity index (χ3v) is 9.88. The van der Waals surface area contributed by atoms with Crippen molar-refractivity contribution >= 4 is 53.6 Å². The molecule has 8 N–H and O–H groups in total. The van der Waals surface area contributed by atoms with E-state index in [-0.39, 0.29) is 135 Å². The number of Topliss-reactive ketones (excluding diaryl/α,β-unsaturated/α-hetero) is 3. The van der Waals surface area contributed by atoms with Crippen LogP contribution in [0.2, 0.25) is 0 Å². The molecule has 0 aliphatic rings. The molecule has 1 rings (SSSR count). The number of hydrogen-bond donors (Lipinski definition) is 8. The Kier molecular flexibility index (Phi) is 34.0. The average Bonchev–Trinajstić information content (AvgIpc) is 3.31. The lowest BCUT2D eigenvalue weighted by atomic mass is 10.0. The predicted octanol–water partition coefficient (Wildman–Crippen LogP) is 3.03. The van der Waals surface area contributed by atoms with E-state index in [1.807, 2.05) is 0 Å². The SMILES string of the molecule is O=CO[C@H](CCC(=O)O)NC(=O)N[C@@H](CCC(=O)CCCCCCCCC(=O)NCCOCCOCCCC(=O)c1c(F)c(F)c(C(=O)NCCOCCOCCCC(=O)CNO)c(F)c1F)C(=O)O. The number of ketones is 3. The molecule has 0 aliphatic heterocycles. The van der Waals surface area contributed by atoms with Crippen LogP contribution < -0.4 is 26.7 Å². The van der Waals surface area contributed by atoms with Gasteiger partial charge in [0.1, 0.15) is 23.2 Å². The first-order valence-corrected chi connectivity index (χ1v) is 22.8. The van der Waals surface area contributed by atoms with Crippen LogP contribution in [0, 0.1) is 23.3 Å². The molecule has 0 aromatic heterocycles. The van der Waals surface area contributed by atoms with Crippen molar-refractivity contribution in [3.05, 3.63) is 34.4 Å². The molecule has 0 aliphatic carbocycles. The van der Waals surface area contributed by atoms with Crippen molar-refractivity contribution in [3.63, 3.8) is 0 Å². The summed E-state index contributed by atoms with van der Waals surface area (Å²) in [4.78, 5) is 106. The molecular weight excluding hydrogens is 946 g/mol. The van der Waals surface area contributed by atoms with E-state index in [4.69, 9.17) is 29.3 Å². The summed E-state index contributed by atoms with van der Waals surface area (Å²) in [6.07, 6.45) is 2.72. The van der Waals surface area contributed by atoms with Gasteiger partial charge in [-0.15, -0.1) is 0 Å². The summed E-state index contributed by atoms with van der Waals surface area (Å²) in [6, 6.07) is -2.42. The normalized spacial score (nSPS) is 11.8. The van der Waals surface area contributed by atoms with E-state index in [9.17, 15) is 65.8 Å². The molecule has 0 saturated carbocycles. The van der Waals surface area contributed by atoms with Crippen LogP contribution in [0.3, 0.4) is 0 Å². The van der Waals surface area contributed by atoms with Gasteiger partial charge in [-0.3, -0.25) is 33.6 Å². The Bertz CT molecular complexity index is 1800. The first-order chi connectivity index (χ1) is 33.5. The summed E-state index contributed by atoms with van der Waals surface area (Å²) in [6.45, 7) is 0.431. The maximum Gasteiger partial charge on any atom is 0.326 e. The van der Waals surface area contributed by atoms with E-state index in [2.05, 4.69) is 26.0 Å². The molecule has 0 bridgehead atoms. The van der Waals surface area contributed by atoms with E-state index in [1.165, 1.54) is 0 Å². The number of hydrogen-bond acceptors (Lipinski definition) is 16. The Morgan fingerprint density at radius 1 is 0.543 bits per heavy atom.